The number of hydrogen-bond acceptors (Lipinski definition) is 3. The molecule has 2 N–H and O–H groups in total. The molecule has 1 atom stereocenters. The van der Waals surface area contributed by atoms with Crippen LogP contribution in [0.4, 0.5) is 8.78 Å². The molecule has 0 amide bonds. The fourth-order valence-electron chi connectivity index (χ4n) is 1.57. The maximum atomic E-state index is 13.0. The molecule has 0 bridgehead atoms. The molecule has 0 aromatic heterocycles. The molecule has 0 saturated heterocycles. The van der Waals surface area contributed by atoms with Crippen LogP contribution in [0.25, 0.3) is 0 Å². The van der Waals surface area contributed by atoms with Gasteiger partial charge in [0.1, 0.15) is 0 Å². The van der Waals surface area contributed by atoms with Gasteiger partial charge in [-0.3, -0.25) is 0 Å². The Hall–Kier alpha value is -1.04. The maximum absolute atomic E-state index is 13.0. The zero-order valence-electron chi connectivity index (χ0n) is 11.2. The fraction of sp³-hybridized carbons (Fsp3) is 0.571. The topological polar surface area (TPSA) is 41.5 Å². The fourth-order valence-corrected chi connectivity index (χ4v) is 1.57. The molecule has 1 aromatic carbocycles. The summed E-state index contributed by atoms with van der Waals surface area (Å²) in [5.41, 5.74) is 0.360. The van der Waals surface area contributed by atoms with Crippen LogP contribution < -0.4 is 5.32 Å². The van der Waals surface area contributed by atoms with Crippen LogP contribution in [0, 0.1) is 11.6 Å². The molecule has 1 aromatic rings. The van der Waals surface area contributed by atoms with Gasteiger partial charge in [-0.2, -0.15) is 0 Å². The van der Waals surface area contributed by atoms with Gasteiger partial charge in [0.2, 0.25) is 0 Å². The summed E-state index contributed by atoms with van der Waals surface area (Å²) in [4.78, 5) is 0. The van der Waals surface area contributed by atoms with Crippen molar-refractivity contribution in [2.24, 2.45) is 0 Å². The number of benzene rings is 1. The molecular formula is C14H21F2NO2. The summed E-state index contributed by atoms with van der Waals surface area (Å²) in [5, 5.41) is 12.8. The molecule has 5 heteroatoms. The summed E-state index contributed by atoms with van der Waals surface area (Å²) in [7, 11) is 0. The Labute approximate surface area is 112 Å². The lowest BCUT2D eigenvalue weighted by molar-refractivity contribution is 0.125. The summed E-state index contributed by atoms with van der Waals surface area (Å²) in [6, 6.07) is 3.41. The average Bonchev–Trinajstić information content (AvgIpc) is 2.40. The molecule has 1 unspecified atom stereocenters. The third-order valence-electron chi connectivity index (χ3n) is 2.73. The van der Waals surface area contributed by atoms with Gasteiger partial charge in [0, 0.05) is 19.7 Å². The van der Waals surface area contributed by atoms with Crippen molar-refractivity contribution < 1.29 is 18.6 Å². The molecule has 0 aliphatic rings. The molecule has 0 aliphatic heterocycles. The lowest BCUT2D eigenvalue weighted by Crippen LogP contribution is -2.25. The zero-order valence-corrected chi connectivity index (χ0v) is 11.2. The van der Waals surface area contributed by atoms with Crippen molar-refractivity contribution in [2.45, 2.75) is 25.9 Å². The van der Waals surface area contributed by atoms with Crippen LogP contribution in [-0.4, -0.2) is 31.4 Å². The van der Waals surface area contributed by atoms with Gasteiger partial charge in [-0.05, 0) is 24.1 Å². The van der Waals surface area contributed by atoms with E-state index in [-0.39, 0.29) is 6.54 Å². The Bertz CT molecular complexity index is 374. The van der Waals surface area contributed by atoms with Crippen LogP contribution in [-0.2, 0) is 4.74 Å². The van der Waals surface area contributed by atoms with Crippen LogP contribution in [0.3, 0.4) is 0 Å². The summed E-state index contributed by atoms with van der Waals surface area (Å²) >= 11 is 0. The first-order chi connectivity index (χ1) is 9.15. The van der Waals surface area contributed by atoms with Crippen LogP contribution in [0.1, 0.15) is 31.4 Å². The number of halogens is 2. The van der Waals surface area contributed by atoms with Gasteiger partial charge in [0.15, 0.2) is 11.6 Å². The highest BCUT2D eigenvalue weighted by Crippen LogP contribution is 2.15. The predicted octanol–water partition coefficient (Wildman–Crippen LogP) is 2.40. The second-order valence-corrected chi connectivity index (χ2v) is 4.36. The van der Waals surface area contributed by atoms with Gasteiger partial charge in [0.05, 0.1) is 12.7 Å². The maximum Gasteiger partial charge on any atom is 0.159 e. The van der Waals surface area contributed by atoms with E-state index < -0.39 is 17.7 Å². The lowest BCUT2D eigenvalue weighted by Gasteiger charge is -2.12. The third kappa shape index (κ3) is 6.09. The highest BCUT2D eigenvalue weighted by molar-refractivity contribution is 5.20. The number of aliphatic hydroxyl groups excluding tert-OH is 1. The Kier molecular flexibility index (Phi) is 7.55. The highest BCUT2D eigenvalue weighted by Gasteiger charge is 2.10. The van der Waals surface area contributed by atoms with Crippen molar-refractivity contribution in [3.8, 4) is 0 Å². The van der Waals surface area contributed by atoms with E-state index >= 15 is 0 Å². The highest BCUT2D eigenvalue weighted by atomic mass is 19.2. The van der Waals surface area contributed by atoms with Crippen molar-refractivity contribution >= 4 is 0 Å². The van der Waals surface area contributed by atoms with Crippen molar-refractivity contribution in [2.75, 3.05) is 26.3 Å². The van der Waals surface area contributed by atoms with Crippen LogP contribution in [0.2, 0.25) is 0 Å². The summed E-state index contributed by atoms with van der Waals surface area (Å²) < 4.78 is 31.0. The summed E-state index contributed by atoms with van der Waals surface area (Å²) in [6.45, 7) is 4.31. The summed E-state index contributed by atoms with van der Waals surface area (Å²) in [6.07, 6.45) is 1.28. The van der Waals surface area contributed by atoms with Gasteiger partial charge in [-0.25, -0.2) is 8.78 Å². The molecule has 19 heavy (non-hydrogen) atoms. The zero-order chi connectivity index (χ0) is 14.1. The van der Waals surface area contributed by atoms with Crippen molar-refractivity contribution in [1.29, 1.82) is 0 Å². The number of ether oxygens (including phenoxy) is 1. The van der Waals surface area contributed by atoms with Gasteiger partial charge in [0.25, 0.3) is 0 Å². The van der Waals surface area contributed by atoms with E-state index in [0.717, 1.165) is 31.6 Å². The minimum Gasteiger partial charge on any atom is -0.387 e. The van der Waals surface area contributed by atoms with E-state index in [1.54, 1.807) is 0 Å². The standard InChI is InChI=1S/C14H21F2NO2/c1-2-3-7-19-8-6-17-10-14(18)11-4-5-12(15)13(16)9-11/h4-5,9,14,17-18H,2-3,6-8,10H2,1H3. The van der Waals surface area contributed by atoms with Gasteiger partial charge in [-0.15, -0.1) is 0 Å². The van der Waals surface area contributed by atoms with Gasteiger partial charge >= 0.3 is 0 Å². The Morgan fingerprint density at radius 2 is 2.05 bits per heavy atom. The van der Waals surface area contributed by atoms with E-state index in [1.807, 2.05) is 0 Å². The minimum absolute atomic E-state index is 0.280. The molecule has 0 aliphatic carbocycles. The normalized spacial score (nSPS) is 12.6. The molecule has 0 radical (unpaired) electrons. The number of unbranched alkanes of at least 4 members (excludes halogenated alkanes) is 1. The predicted molar refractivity (Wildman–Crippen MR) is 69.9 cm³/mol. The molecule has 0 saturated carbocycles. The lowest BCUT2D eigenvalue weighted by atomic mass is 10.1. The summed E-state index contributed by atoms with van der Waals surface area (Å²) in [5.74, 6) is -1.85. The average molecular weight is 273 g/mol. The third-order valence-corrected chi connectivity index (χ3v) is 2.73. The van der Waals surface area contributed by atoms with Gasteiger partial charge in [-0.1, -0.05) is 19.4 Å². The second kappa shape index (κ2) is 8.96. The Morgan fingerprint density at radius 3 is 2.74 bits per heavy atom. The second-order valence-electron chi connectivity index (χ2n) is 4.36. The molecule has 0 heterocycles. The Morgan fingerprint density at radius 1 is 1.26 bits per heavy atom. The quantitative estimate of drug-likeness (QED) is 0.679. The van der Waals surface area contributed by atoms with E-state index in [4.69, 9.17) is 4.74 Å². The van der Waals surface area contributed by atoms with E-state index in [0.29, 0.717) is 18.7 Å². The molecular weight excluding hydrogens is 252 g/mol. The first-order valence-corrected chi connectivity index (χ1v) is 6.56. The molecule has 0 fully saturated rings. The first-order valence-electron chi connectivity index (χ1n) is 6.56. The van der Waals surface area contributed by atoms with Gasteiger partial charge < -0.3 is 15.2 Å². The van der Waals surface area contributed by atoms with E-state index in [1.165, 1.54) is 6.07 Å². The smallest absolute Gasteiger partial charge is 0.159 e. The minimum atomic E-state index is -0.945. The van der Waals surface area contributed by atoms with Crippen LogP contribution in [0.15, 0.2) is 18.2 Å². The number of hydrogen-bond donors (Lipinski definition) is 2. The number of aliphatic hydroxyl groups is 1. The SMILES string of the molecule is CCCCOCCNCC(O)c1ccc(F)c(F)c1. The largest absolute Gasteiger partial charge is 0.387 e. The van der Waals surface area contributed by atoms with Crippen molar-refractivity contribution in [3.63, 3.8) is 0 Å². The Balaban J connectivity index is 2.20. The molecule has 3 nitrogen and oxygen atoms in total. The first kappa shape index (κ1) is 16.0. The van der Waals surface area contributed by atoms with E-state index in [9.17, 15) is 13.9 Å². The van der Waals surface area contributed by atoms with E-state index in [2.05, 4.69) is 12.2 Å². The van der Waals surface area contributed by atoms with Crippen molar-refractivity contribution in [3.05, 3.63) is 35.4 Å². The monoisotopic (exact) mass is 273 g/mol. The molecule has 108 valence electrons. The molecule has 0 spiro atoms. The molecule has 1 rings (SSSR count). The number of nitrogens with one attached hydrogen (secondary N) is 1. The van der Waals surface area contributed by atoms with Crippen molar-refractivity contribution in [1.82, 2.24) is 5.32 Å². The van der Waals surface area contributed by atoms with Crippen LogP contribution >= 0.6 is 0 Å². The van der Waals surface area contributed by atoms with Crippen LogP contribution in [0.5, 0.6) is 0 Å². The number of rotatable bonds is 9.